The molecule has 5 heteroatoms. The second-order valence-corrected chi connectivity index (χ2v) is 4.82. The van der Waals surface area contributed by atoms with E-state index < -0.39 is 0 Å². The summed E-state index contributed by atoms with van der Waals surface area (Å²) in [6.45, 7) is 3.83. The van der Waals surface area contributed by atoms with Gasteiger partial charge in [-0.05, 0) is 29.8 Å². The number of hydrogen-bond donors (Lipinski definition) is 1. The van der Waals surface area contributed by atoms with E-state index in [1.165, 1.54) is 44.9 Å². The fourth-order valence-electron chi connectivity index (χ4n) is 2.53. The lowest BCUT2D eigenvalue weighted by Gasteiger charge is -2.20. The highest BCUT2D eigenvalue weighted by Gasteiger charge is 2.17. The highest BCUT2D eigenvalue weighted by Crippen LogP contribution is 2.26. The van der Waals surface area contributed by atoms with E-state index in [9.17, 15) is 0 Å². The van der Waals surface area contributed by atoms with Gasteiger partial charge in [-0.2, -0.15) is 0 Å². The van der Waals surface area contributed by atoms with Gasteiger partial charge in [0.05, 0.1) is 12.6 Å². The van der Waals surface area contributed by atoms with E-state index in [-0.39, 0.29) is 0 Å². The third-order valence-corrected chi connectivity index (χ3v) is 3.51. The number of aromatic nitrogens is 4. The Labute approximate surface area is 103 Å². The van der Waals surface area contributed by atoms with Gasteiger partial charge in [0.2, 0.25) is 0 Å². The Morgan fingerprint density at radius 3 is 2.59 bits per heavy atom. The smallest absolute Gasteiger partial charge is 0.165 e. The zero-order valence-corrected chi connectivity index (χ0v) is 10.7. The largest absolute Gasteiger partial charge is 0.310 e. The first kappa shape index (κ1) is 12.5. The Morgan fingerprint density at radius 1 is 1.18 bits per heavy atom. The number of tetrazole rings is 1. The fourth-order valence-corrected chi connectivity index (χ4v) is 2.53. The van der Waals surface area contributed by atoms with Crippen molar-refractivity contribution in [2.45, 2.75) is 64.5 Å². The molecular formula is C12H23N5. The third kappa shape index (κ3) is 3.49. The number of nitrogens with zero attached hydrogens (tertiary/aromatic N) is 4. The summed E-state index contributed by atoms with van der Waals surface area (Å²) in [4.78, 5) is 0. The van der Waals surface area contributed by atoms with Gasteiger partial charge in [0.15, 0.2) is 5.82 Å². The van der Waals surface area contributed by atoms with Gasteiger partial charge >= 0.3 is 0 Å². The van der Waals surface area contributed by atoms with E-state index in [0.29, 0.717) is 6.04 Å². The molecule has 17 heavy (non-hydrogen) atoms. The van der Waals surface area contributed by atoms with E-state index in [0.717, 1.165) is 18.9 Å². The van der Waals surface area contributed by atoms with Crippen LogP contribution in [0, 0.1) is 0 Å². The second-order valence-electron chi connectivity index (χ2n) is 4.82. The van der Waals surface area contributed by atoms with Gasteiger partial charge in [-0.3, -0.25) is 0 Å². The summed E-state index contributed by atoms with van der Waals surface area (Å²) in [5, 5.41) is 15.4. The summed E-state index contributed by atoms with van der Waals surface area (Å²) in [6, 6.07) is 0.513. The van der Waals surface area contributed by atoms with Crippen molar-refractivity contribution in [3.63, 3.8) is 0 Å². The maximum Gasteiger partial charge on any atom is 0.165 e. The molecule has 96 valence electrons. The zero-order valence-electron chi connectivity index (χ0n) is 10.7. The molecule has 0 saturated heterocycles. The normalized spacial score (nSPS) is 18.9. The molecule has 0 aliphatic heterocycles. The Hall–Kier alpha value is -0.970. The van der Waals surface area contributed by atoms with Crippen LogP contribution >= 0.6 is 0 Å². The summed E-state index contributed by atoms with van der Waals surface area (Å²) in [5.41, 5.74) is 0. The minimum atomic E-state index is 0.513. The molecule has 1 aliphatic rings. The molecule has 1 saturated carbocycles. The summed E-state index contributed by atoms with van der Waals surface area (Å²) >= 11 is 0. The van der Waals surface area contributed by atoms with Crippen LogP contribution < -0.4 is 5.32 Å². The first-order valence-corrected chi connectivity index (χ1v) is 6.89. The molecule has 1 aromatic heterocycles. The van der Waals surface area contributed by atoms with Crippen molar-refractivity contribution in [3.05, 3.63) is 5.82 Å². The van der Waals surface area contributed by atoms with Crippen molar-refractivity contribution in [2.24, 2.45) is 0 Å². The predicted molar refractivity (Wildman–Crippen MR) is 66.6 cm³/mol. The molecule has 0 amide bonds. The zero-order chi connectivity index (χ0) is 11.9. The van der Waals surface area contributed by atoms with Crippen LogP contribution in [0.15, 0.2) is 0 Å². The first-order valence-electron chi connectivity index (χ1n) is 6.89. The second kappa shape index (κ2) is 6.69. The van der Waals surface area contributed by atoms with Crippen LogP contribution in [-0.2, 0) is 6.54 Å². The minimum Gasteiger partial charge on any atom is -0.310 e. The molecule has 0 unspecified atom stereocenters. The van der Waals surface area contributed by atoms with Gasteiger partial charge in [-0.25, -0.2) is 4.68 Å². The standard InChI is InChI=1S/C12H23N5/c1-2-13-10-12-14-15-16-17(12)11-8-6-4-3-5-7-9-11/h11,13H,2-10H2,1H3. The fraction of sp³-hybridized carbons (Fsp3) is 0.917. The van der Waals surface area contributed by atoms with E-state index in [4.69, 9.17) is 0 Å². The summed E-state index contributed by atoms with van der Waals surface area (Å²) in [5.74, 6) is 0.984. The Balaban J connectivity index is 2.00. The molecule has 1 aromatic rings. The molecule has 0 bridgehead atoms. The van der Waals surface area contributed by atoms with Gasteiger partial charge < -0.3 is 5.32 Å². The molecule has 0 atom stereocenters. The molecule has 1 fully saturated rings. The molecule has 0 radical (unpaired) electrons. The van der Waals surface area contributed by atoms with Gasteiger partial charge in [-0.1, -0.05) is 39.0 Å². The highest BCUT2D eigenvalue weighted by molar-refractivity contribution is 4.84. The monoisotopic (exact) mass is 237 g/mol. The van der Waals surface area contributed by atoms with Crippen LogP contribution in [0.25, 0.3) is 0 Å². The lowest BCUT2D eigenvalue weighted by molar-refractivity contribution is 0.332. The topological polar surface area (TPSA) is 55.6 Å². The van der Waals surface area contributed by atoms with Crippen molar-refractivity contribution in [3.8, 4) is 0 Å². The Bertz CT molecular complexity index is 314. The maximum atomic E-state index is 4.18. The summed E-state index contributed by atoms with van der Waals surface area (Å²) in [6.07, 6.45) is 9.19. The average molecular weight is 237 g/mol. The molecule has 2 rings (SSSR count). The predicted octanol–water partition coefficient (Wildman–Crippen LogP) is 2.07. The van der Waals surface area contributed by atoms with E-state index >= 15 is 0 Å². The van der Waals surface area contributed by atoms with Crippen LogP contribution in [0.2, 0.25) is 0 Å². The Morgan fingerprint density at radius 2 is 1.88 bits per heavy atom. The molecule has 0 spiro atoms. The maximum absolute atomic E-state index is 4.18. The van der Waals surface area contributed by atoms with Crippen molar-refractivity contribution < 1.29 is 0 Å². The van der Waals surface area contributed by atoms with Gasteiger partial charge in [0.1, 0.15) is 0 Å². The lowest BCUT2D eigenvalue weighted by atomic mass is 9.97. The van der Waals surface area contributed by atoms with E-state index in [1.54, 1.807) is 0 Å². The van der Waals surface area contributed by atoms with Gasteiger partial charge in [0.25, 0.3) is 0 Å². The summed E-state index contributed by atoms with van der Waals surface area (Å²) < 4.78 is 2.05. The van der Waals surface area contributed by atoms with Crippen LogP contribution in [0.4, 0.5) is 0 Å². The number of hydrogen-bond acceptors (Lipinski definition) is 4. The highest BCUT2D eigenvalue weighted by atomic mass is 15.6. The van der Waals surface area contributed by atoms with Crippen LogP contribution in [0.3, 0.4) is 0 Å². The van der Waals surface area contributed by atoms with Gasteiger partial charge in [0, 0.05) is 0 Å². The van der Waals surface area contributed by atoms with Crippen molar-refractivity contribution in [2.75, 3.05) is 6.54 Å². The SMILES string of the molecule is CCNCc1nnnn1C1CCCCCCC1. The van der Waals surface area contributed by atoms with Crippen molar-refractivity contribution in [1.29, 1.82) is 0 Å². The van der Waals surface area contributed by atoms with Crippen LogP contribution in [0.5, 0.6) is 0 Å². The molecule has 0 aromatic carbocycles. The van der Waals surface area contributed by atoms with Gasteiger partial charge in [-0.15, -0.1) is 5.10 Å². The number of rotatable bonds is 4. The molecule has 5 nitrogen and oxygen atoms in total. The van der Waals surface area contributed by atoms with E-state index in [1.807, 2.05) is 4.68 Å². The third-order valence-electron chi connectivity index (χ3n) is 3.51. The average Bonchev–Trinajstić information content (AvgIpc) is 2.74. The van der Waals surface area contributed by atoms with Crippen LogP contribution in [0.1, 0.15) is 63.7 Å². The minimum absolute atomic E-state index is 0.513. The first-order chi connectivity index (χ1) is 8.42. The molecular weight excluding hydrogens is 214 g/mol. The van der Waals surface area contributed by atoms with Crippen molar-refractivity contribution in [1.82, 2.24) is 25.5 Å². The summed E-state index contributed by atoms with van der Waals surface area (Å²) in [7, 11) is 0. The van der Waals surface area contributed by atoms with Crippen molar-refractivity contribution >= 4 is 0 Å². The number of nitrogens with one attached hydrogen (secondary N) is 1. The molecule has 1 heterocycles. The molecule has 1 N–H and O–H groups in total. The van der Waals surface area contributed by atoms with E-state index in [2.05, 4.69) is 27.8 Å². The van der Waals surface area contributed by atoms with Crippen LogP contribution in [-0.4, -0.2) is 26.8 Å². The Kier molecular flexibility index (Phi) is 4.91. The lowest BCUT2D eigenvalue weighted by Crippen LogP contribution is -2.20. The quantitative estimate of drug-likeness (QED) is 0.871. The molecule has 1 aliphatic carbocycles.